The molecule has 0 bridgehead atoms. The molecule has 2 rings (SSSR count). The molecule has 2 aromatic rings. The lowest BCUT2D eigenvalue weighted by Gasteiger charge is -2.07. The van der Waals surface area contributed by atoms with E-state index in [4.69, 9.17) is 4.74 Å². The minimum absolute atomic E-state index is 0.119. The Bertz CT molecular complexity index is 692. The number of nitrogens with one attached hydrogen (secondary N) is 2. The zero-order valence-corrected chi connectivity index (χ0v) is 12.1. The molecule has 110 valence electrons. The molecule has 1 heterocycles. The topological polar surface area (TPSA) is 71.2 Å². The van der Waals surface area contributed by atoms with Crippen LogP contribution in [0.25, 0.3) is 0 Å². The van der Waals surface area contributed by atoms with Crippen LogP contribution in [0.2, 0.25) is 0 Å². The average Bonchev–Trinajstić information content (AvgIpc) is 2.45. The molecule has 0 radical (unpaired) electrons. The van der Waals surface area contributed by atoms with Gasteiger partial charge in [-0.05, 0) is 30.2 Å². The van der Waals surface area contributed by atoms with Gasteiger partial charge >= 0.3 is 0 Å². The summed E-state index contributed by atoms with van der Waals surface area (Å²) in [6.45, 7) is 2.66. The van der Waals surface area contributed by atoms with Gasteiger partial charge in [-0.3, -0.25) is 9.59 Å². The molecule has 0 saturated carbocycles. The number of carbonyl (C=O) groups excluding carboxylic acids is 1. The lowest BCUT2D eigenvalue weighted by molar-refractivity contribution is 0.0949. The first kappa shape index (κ1) is 15.0. The molecular weight excluding hydrogens is 268 g/mol. The SMILES string of the molecule is COCc1cccc(CNC(=O)c2ccc(C)[nH]c2=O)c1. The standard InChI is InChI=1S/C16H18N2O3/c1-11-6-7-14(16(20)18-11)15(19)17-9-12-4-3-5-13(8-12)10-21-2/h3-8H,9-10H2,1-2H3,(H,17,19)(H,18,20). The smallest absolute Gasteiger partial charge is 0.260 e. The van der Waals surface area contributed by atoms with Gasteiger partial charge in [0, 0.05) is 19.3 Å². The van der Waals surface area contributed by atoms with E-state index in [9.17, 15) is 9.59 Å². The summed E-state index contributed by atoms with van der Waals surface area (Å²) in [5.74, 6) is -0.381. The Balaban J connectivity index is 2.04. The Morgan fingerprint density at radius 2 is 2.00 bits per heavy atom. The number of rotatable bonds is 5. The van der Waals surface area contributed by atoms with Crippen LogP contribution in [0.4, 0.5) is 0 Å². The molecule has 0 saturated heterocycles. The Morgan fingerprint density at radius 3 is 2.71 bits per heavy atom. The molecule has 0 fully saturated rings. The van der Waals surface area contributed by atoms with E-state index >= 15 is 0 Å². The van der Waals surface area contributed by atoms with E-state index < -0.39 is 0 Å². The molecule has 0 unspecified atom stereocenters. The fraction of sp³-hybridized carbons (Fsp3) is 0.250. The molecule has 0 atom stereocenters. The molecule has 1 amide bonds. The number of methoxy groups -OCH3 is 1. The summed E-state index contributed by atoms with van der Waals surface area (Å²) in [4.78, 5) is 26.3. The highest BCUT2D eigenvalue weighted by atomic mass is 16.5. The van der Waals surface area contributed by atoms with Crippen molar-refractivity contribution >= 4 is 5.91 Å². The molecule has 5 nitrogen and oxygen atoms in total. The predicted molar refractivity (Wildman–Crippen MR) is 80.1 cm³/mol. The van der Waals surface area contributed by atoms with Crippen molar-refractivity contribution in [3.63, 3.8) is 0 Å². The van der Waals surface area contributed by atoms with Crippen LogP contribution in [0.3, 0.4) is 0 Å². The van der Waals surface area contributed by atoms with Crippen molar-refractivity contribution in [2.45, 2.75) is 20.1 Å². The van der Waals surface area contributed by atoms with Crippen LogP contribution in [0.5, 0.6) is 0 Å². The molecule has 0 spiro atoms. The molecule has 0 aliphatic carbocycles. The van der Waals surface area contributed by atoms with Crippen LogP contribution in [0.1, 0.15) is 27.2 Å². The van der Waals surface area contributed by atoms with Crippen molar-refractivity contribution in [2.24, 2.45) is 0 Å². The lowest BCUT2D eigenvalue weighted by Crippen LogP contribution is -2.29. The molecule has 21 heavy (non-hydrogen) atoms. The van der Waals surface area contributed by atoms with Crippen molar-refractivity contribution < 1.29 is 9.53 Å². The van der Waals surface area contributed by atoms with Gasteiger partial charge in [0.1, 0.15) is 5.56 Å². The fourth-order valence-corrected chi connectivity index (χ4v) is 2.02. The van der Waals surface area contributed by atoms with E-state index in [0.717, 1.165) is 16.8 Å². The number of carbonyl (C=O) groups is 1. The summed E-state index contributed by atoms with van der Waals surface area (Å²) < 4.78 is 5.07. The van der Waals surface area contributed by atoms with Gasteiger partial charge < -0.3 is 15.0 Å². The highest BCUT2D eigenvalue weighted by Gasteiger charge is 2.09. The fourth-order valence-electron chi connectivity index (χ4n) is 2.02. The number of pyridine rings is 1. The highest BCUT2D eigenvalue weighted by molar-refractivity contribution is 5.93. The predicted octanol–water partition coefficient (Wildman–Crippen LogP) is 1.76. The quantitative estimate of drug-likeness (QED) is 0.879. The Kier molecular flexibility index (Phi) is 4.90. The maximum atomic E-state index is 12.0. The van der Waals surface area contributed by atoms with Crippen molar-refractivity contribution in [1.82, 2.24) is 10.3 Å². The van der Waals surface area contributed by atoms with Gasteiger partial charge in [-0.25, -0.2) is 0 Å². The maximum Gasteiger partial charge on any atom is 0.260 e. The van der Waals surface area contributed by atoms with Crippen molar-refractivity contribution in [1.29, 1.82) is 0 Å². The summed E-state index contributed by atoms with van der Waals surface area (Å²) >= 11 is 0. The van der Waals surface area contributed by atoms with Crippen molar-refractivity contribution in [3.8, 4) is 0 Å². The number of ether oxygens (including phenoxy) is 1. The zero-order chi connectivity index (χ0) is 15.2. The average molecular weight is 286 g/mol. The number of hydrogen-bond donors (Lipinski definition) is 2. The van der Waals surface area contributed by atoms with Crippen LogP contribution < -0.4 is 10.9 Å². The van der Waals surface area contributed by atoms with Crippen molar-refractivity contribution in [3.05, 3.63) is 69.1 Å². The molecule has 0 aliphatic rings. The van der Waals surface area contributed by atoms with E-state index in [1.807, 2.05) is 24.3 Å². The summed E-state index contributed by atoms with van der Waals surface area (Å²) in [5, 5.41) is 2.75. The zero-order valence-electron chi connectivity index (χ0n) is 12.1. The second-order valence-electron chi connectivity index (χ2n) is 4.82. The van der Waals surface area contributed by atoms with Gasteiger partial charge in [0.15, 0.2) is 0 Å². The molecule has 1 aromatic heterocycles. The molecule has 1 aromatic carbocycles. The number of aryl methyl sites for hydroxylation is 1. The molecule has 2 N–H and O–H groups in total. The number of hydrogen-bond acceptors (Lipinski definition) is 3. The van der Waals surface area contributed by atoms with Crippen LogP contribution in [-0.4, -0.2) is 18.0 Å². The maximum absolute atomic E-state index is 12.0. The Morgan fingerprint density at radius 1 is 1.24 bits per heavy atom. The third-order valence-electron chi connectivity index (χ3n) is 3.06. The molecule has 0 aliphatic heterocycles. The van der Waals surface area contributed by atoms with E-state index in [0.29, 0.717) is 13.2 Å². The van der Waals surface area contributed by atoms with E-state index in [2.05, 4.69) is 10.3 Å². The summed E-state index contributed by atoms with van der Waals surface area (Å²) in [6.07, 6.45) is 0. The van der Waals surface area contributed by atoms with Gasteiger partial charge in [-0.1, -0.05) is 24.3 Å². The largest absolute Gasteiger partial charge is 0.380 e. The second-order valence-corrected chi connectivity index (χ2v) is 4.82. The first-order valence-electron chi connectivity index (χ1n) is 6.65. The van der Waals surface area contributed by atoms with Crippen LogP contribution in [0, 0.1) is 6.92 Å². The van der Waals surface area contributed by atoms with Crippen LogP contribution in [0.15, 0.2) is 41.2 Å². The number of amides is 1. The first-order valence-corrected chi connectivity index (χ1v) is 6.65. The molecule has 5 heteroatoms. The summed E-state index contributed by atoms with van der Waals surface area (Å²) in [6, 6.07) is 11.0. The highest BCUT2D eigenvalue weighted by Crippen LogP contribution is 2.06. The normalized spacial score (nSPS) is 10.4. The van der Waals surface area contributed by atoms with E-state index in [1.165, 1.54) is 6.07 Å². The number of aromatic nitrogens is 1. The van der Waals surface area contributed by atoms with Crippen LogP contribution in [-0.2, 0) is 17.9 Å². The van der Waals surface area contributed by atoms with Gasteiger partial charge in [-0.2, -0.15) is 0 Å². The van der Waals surface area contributed by atoms with Gasteiger partial charge in [0.25, 0.3) is 11.5 Å². The van der Waals surface area contributed by atoms with Crippen LogP contribution >= 0.6 is 0 Å². The monoisotopic (exact) mass is 286 g/mol. The van der Waals surface area contributed by atoms with E-state index in [-0.39, 0.29) is 17.0 Å². The summed E-state index contributed by atoms with van der Waals surface area (Å²) in [5.41, 5.74) is 2.47. The number of aromatic amines is 1. The van der Waals surface area contributed by atoms with Gasteiger partial charge in [0.2, 0.25) is 0 Å². The Hall–Kier alpha value is -2.40. The third-order valence-corrected chi connectivity index (χ3v) is 3.06. The third kappa shape index (κ3) is 4.03. The Labute approximate surface area is 123 Å². The van der Waals surface area contributed by atoms with Crippen molar-refractivity contribution in [2.75, 3.05) is 7.11 Å². The van der Waals surface area contributed by atoms with E-state index in [1.54, 1.807) is 20.1 Å². The van der Waals surface area contributed by atoms with Gasteiger partial charge in [0.05, 0.1) is 6.61 Å². The lowest BCUT2D eigenvalue weighted by atomic mass is 10.1. The number of H-pyrrole nitrogens is 1. The molecular formula is C16H18N2O3. The minimum Gasteiger partial charge on any atom is -0.380 e. The first-order chi connectivity index (χ1) is 10.1. The minimum atomic E-state index is -0.381. The van der Waals surface area contributed by atoms with Gasteiger partial charge in [-0.15, -0.1) is 0 Å². The second kappa shape index (κ2) is 6.85. The number of benzene rings is 1. The summed E-state index contributed by atoms with van der Waals surface area (Å²) in [7, 11) is 1.64.